The maximum absolute atomic E-state index is 12.9. The SMILES string of the molecule is O=C(NC1CCN(C(=O)C2CCCCC2)CC1)[C@@H]1CCCN1C(=O)c1cccs1. The number of carbonyl (C=O) groups is 3. The number of hydrogen-bond acceptors (Lipinski definition) is 4. The quantitative estimate of drug-likeness (QED) is 0.819. The summed E-state index contributed by atoms with van der Waals surface area (Å²) in [6.45, 7) is 2.09. The lowest BCUT2D eigenvalue weighted by Crippen LogP contribution is -2.52. The molecule has 3 aliphatic rings. The molecule has 1 aromatic heterocycles. The fourth-order valence-corrected chi connectivity index (χ4v) is 5.65. The summed E-state index contributed by atoms with van der Waals surface area (Å²) in [5.74, 6) is 0.457. The van der Waals surface area contributed by atoms with Crippen LogP contribution in [0.2, 0.25) is 0 Å². The fourth-order valence-electron chi connectivity index (χ4n) is 4.97. The van der Waals surface area contributed by atoms with Gasteiger partial charge in [-0.2, -0.15) is 0 Å². The molecular formula is C22H31N3O3S. The Morgan fingerprint density at radius 3 is 2.38 bits per heavy atom. The number of rotatable bonds is 4. The van der Waals surface area contributed by atoms with Gasteiger partial charge in [0.1, 0.15) is 6.04 Å². The highest BCUT2D eigenvalue weighted by Gasteiger charge is 2.36. The average molecular weight is 418 g/mol. The first-order chi connectivity index (χ1) is 14.1. The molecule has 0 radical (unpaired) electrons. The van der Waals surface area contributed by atoms with Gasteiger partial charge < -0.3 is 15.1 Å². The van der Waals surface area contributed by atoms with Gasteiger partial charge in [0.25, 0.3) is 5.91 Å². The summed E-state index contributed by atoms with van der Waals surface area (Å²) < 4.78 is 0. The van der Waals surface area contributed by atoms with E-state index in [9.17, 15) is 14.4 Å². The van der Waals surface area contributed by atoms with E-state index in [-0.39, 0.29) is 29.8 Å². The van der Waals surface area contributed by atoms with Crippen molar-refractivity contribution in [2.75, 3.05) is 19.6 Å². The average Bonchev–Trinajstić information content (AvgIpc) is 3.46. The van der Waals surface area contributed by atoms with Crippen LogP contribution in [0.15, 0.2) is 17.5 Å². The monoisotopic (exact) mass is 417 g/mol. The smallest absolute Gasteiger partial charge is 0.264 e. The zero-order valence-corrected chi connectivity index (χ0v) is 17.8. The summed E-state index contributed by atoms with van der Waals surface area (Å²) >= 11 is 1.42. The molecule has 0 spiro atoms. The van der Waals surface area contributed by atoms with E-state index in [1.165, 1.54) is 30.6 Å². The molecule has 6 nitrogen and oxygen atoms in total. The van der Waals surface area contributed by atoms with Gasteiger partial charge in [0.05, 0.1) is 4.88 Å². The van der Waals surface area contributed by atoms with Crippen LogP contribution in [-0.4, -0.2) is 59.2 Å². The van der Waals surface area contributed by atoms with Crippen LogP contribution >= 0.6 is 11.3 Å². The maximum Gasteiger partial charge on any atom is 0.264 e. The van der Waals surface area contributed by atoms with E-state index in [1.807, 2.05) is 22.4 Å². The van der Waals surface area contributed by atoms with Crippen molar-refractivity contribution < 1.29 is 14.4 Å². The third-order valence-electron chi connectivity index (χ3n) is 6.66. The van der Waals surface area contributed by atoms with Crippen molar-refractivity contribution in [1.82, 2.24) is 15.1 Å². The Hall–Kier alpha value is -1.89. The molecular weight excluding hydrogens is 386 g/mol. The number of nitrogens with zero attached hydrogens (tertiary/aromatic N) is 2. The van der Waals surface area contributed by atoms with Crippen molar-refractivity contribution in [1.29, 1.82) is 0 Å². The minimum atomic E-state index is -0.369. The van der Waals surface area contributed by atoms with Gasteiger partial charge in [-0.25, -0.2) is 0 Å². The Morgan fingerprint density at radius 2 is 1.69 bits per heavy atom. The molecule has 7 heteroatoms. The Balaban J connectivity index is 1.27. The zero-order chi connectivity index (χ0) is 20.2. The molecule has 1 saturated carbocycles. The standard InChI is InChI=1S/C22H31N3O3S/c26-20(18-8-4-12-25(18)22(28)19-9-5-15-29-19)23-17-10-13-24(14-11-17)21(27)16-6-2-1-3-7-16/h5,9,15-18H,1-4,6-8,10-14H2,(H,23,26)/t18-/m0/s1. The summed E-state index contributed by atoms with van der Waals surface area (Å²) in [7, 11) is 0. The molecule has 3 fully saturated rings. The third-order valence-corrected chi connectivity index (χ3v) is 7.51. The molecule has 1 aromatic rings. The Bertz CT molecular complexity index is 722. The van der Waals surface area contributed by atoms with Crippen LogP contribution in [0.1, 0.15) is 67.5 Å². The second-order valence-electron chi connectivity index (χ2n) is 8.58. The molecule has 3 amide bonds. The third kappa shape index (κ3) is 4.65. The highest BCUT2D eigenvalue weighted by Crippen LogP contribution is 2.27. The van der Waals surface area contributed by atoms with E-state index in [2.05, 4.69) is 5.32 Å². The molecule has 1 N–H and O–H groups in total. The lowest BCUT2D eigenvalue weighted by atomic mass is 9.87. The Kier molecular flexibility index (Phi) is 6.53. The normalized spacial score (nSPS) is 23.9. The van der Waals surface area contributed by atoms with Crippen molar-refractivity contribution in [3.05, 3.63) is 22.4 Å². The van der Waals surface area contributed by atoms with Crippen molar-refractivity contribution in [3.8, 4) is 0 Å². The number of amides is 3. The number of piperidine rings is 1. The van der Waals surface area contributed by atoms with E-state index >= 15 is 0 Å². The van der Waals surface area contributed by atoms with Gasteiger partial charge in [-0.15, -0.1) is 11.3 Å². The summed E-state index contributed by atoms with van der Waals surface area (Å²) in [4.78, 5) is 42.7. The van der Waals surface area contributed by atoms with E-state index < -0.39 is 0 Å². The van der Waals surface area contributed by atoms with E-state index in [1.54, 1.807) is 4.90 Å². The van der Waals surface area contributed by atoms with Crippen LogP contribution in [-0.2, 0) is 9.59 Å². The number of thiophene rings is 1. The maximum atomic E-state index is 12.9. The molecule has 158 valence electrons. The Labute approximate surface area is 176 Å². The van der Waals surface area contributed by atoms with Crippen molar-refractivity contribution in [2.45, 2.75) is 69.9 Å². The molecule has 0 unspecified atom stereocenters. The number of carbonyl (C=O) groups excluding carboxylic acids is 3. The second-order valence-corrected chi connectivity index (χ2v) is 9.52. The lowest BCUT2D eigenvalue weighted by Gasteiger charge is -2.36. The van der Waals surface area contributed by atoms with Crippen molar-refractivity contribution in [2.24, 2.45) is 5.92 Å². The van der Waals surface area contributed by atoms with Gasteiger partial charge in [-0.1, -0.05) is 25.3 Å². The van der Waals surface area contributed by atoms with E-state index in [0.29, 0.717) is 17.3 Å². The van der Waals surface area contributed by atoms with Gasteiger partial charge in [0.15, 0.2) is 0 Å². The van der Waals surface area contributed by atoms with Gasteiger partial charge in [0, 0.05) is 31.6 Å². The molecule has 1 atom stereocenters. The predicted molar refractivity (Wildman–Crippen MR) is 113 cm³/mol. The molecule has 0 bridgehead atoms. The van der Waals surface area contributed by atoms with Gasteiger partial charge >= 0.3 is 0 Å². The molecule has 1 aliphatic carbocycles. The number of likely N-dealkylation sites (tertiary alicyclic amines) is 2. The number of hydrogen-bond donors (Lipinski definition) is 1. The molecule has 4 rings (SSSR count). The molecule has 2 saturated heterocycles. The predicted octanol–water partition coefficient (Wildman–Crippen LogP) is 3.04. The summed E-state index contributed by atoms with van der Waals surface area (Å²) in [6, 6.07) is 3.41. The first-order valence-corrected chi connectivity index (χ1v) is 11.9. The van der Waals surface area contributed by atoms with Crippen molar-refractivity contribution in [3.63, 3.8) is 0 Å². The molecule has 29 heavy (non-hydrogen) atoms. The highest BCUT2D eigenvalue weighted by molar-refractivity contribution is 7.12. The Morgan fingerprint density at radius 1 is 0.931 bits per heavy atom. The van der Waals surface area contributed by atoms with Crippen LogP contribution < -0.4 is 5.32 Å². The van der Waals surface area contributed by atoms with Crippen molar-refractivity contribution >= 4 is 29.1 Å². The molecule has 3 heterocycles. The highest BCUT2D eigenvalue weighted by atomic mass is 32.1. The van der Waals surface area contributed by atoms with E-state index in [0.717, 1.165) is 51.6 Å². The van der Waals surface area contributed by atoms with Gasteiger partial charge in [-0.05, 0) is 50.0 Å². The van der Waals surface area contributed by atoms with Crippen LogP contribution in [0.5, 0.6) is 0 Å². The summed E-state index contributed by atoms with van der Waals surface area (Å²) in [6.07, 6.45) is 8.86. The number of nitrogens with one attached hydrogen (secondary N) is 1. The first kappa shape index (κ1) is 20.4. The van der Waals surface area contributed by atoms with Crippen LogP contribution in [0.4, 0.5) is 0 Å². The van der Waals surface area contributed by atoms with Crippen LogP contribution in [0, 0.1) is 5.92 Å². The van der Waals surface area contributed by atoms with Crippen LogP contribution in [0.3, 0.4) is 0 Å². The van der Waals surface area contributed by atoms with Gasteiger partial charge in [-0.3, -0.25) is 14.4 Å². The molecule has 0 aromatic carbocycles. The summed E-state index contributed by atoms with van der Waals surface area (Å²) in [5.41, 5.74) is 0. The van der Waals surface area contributed by atoms with Gasteiger partial charge in [0.2, 0.25) is 11.8 Å². The van der Waals surface area contributed by atoms with E-state index in [4.69, 9.17) is 0 Å². The van der Waals surface area contributed by atoms with Crippen LogP contribution in [0.25, 0.3) is 0 Å². The topological polar surface area (TPSA) is 69.7 Å². The fraction of sp³-hybridized carbons (Fsp3) is 0.682. The second kappa shape index (κ2) is 9.28. The molecule has 2 aliphatic heterocycles. The summed E-state index contributed by atoms with van der Waals surface area (Å²) in [5, 5.41) is 5.05. The lowest BCUT2D eigenvalue weighted by molar-refractivity contribution is -0.137. The first-order valence-electron chi connectivity index (χ1n) is 11.1. The zero-order valence-electron chi connectivity index (χ0n) is 17.0. The minimum absolute atomic E-state index is 0.0365. The minimum Gasteiger partial charge on any atom is -0.351 e. The largest absolute Gasteiger partial charge is 0.351 e.